The number of hydrogen-bond donors (Lipinski definition) is 0. The van der Waals surface area contributed by atoms with Gasteiger partial charge in [0.2, 0.25) is 0 Å². The Labute approximate surface area is 260 Å². The van der Waals surface area contributed by atoms with Gasteiger partial charge < -0.3 is 4.42 Å². The SMILES string of the molecule is c1ccc(-c2nc3cc(-c4ccc(-c5cccc6oc7ccccc7c56)cc4)ccc3nc2-c2ccc3ccccc3c2)cc1. The monoisotopic (exact) mass is 574 g/mol. The van der Waals surface area contributed by atoms with E-state index in [1.165, 1.54) is 16.3 Å². The maximum Gasteiger partial charge on any atom is 0.136 e. The number of fused-ring (bicyclic) bond motifs is 5. The summed E-state index contributed by atoms with van der Waals surface area (Å²) in [5.74, 6) is 0. The molecule has 2 aromatic heterocycles. The summed E-state index contributed by atoms with van der Waals surface area (Å²) in [4.78, 5) is 10.4. The molecule has 0 fully saturated rings. The van der Waals surface area contributed by atoms with Crippen molar-refractivity contribution in [3.8, 4) is 44.8 Å². The van der Waals surface area contributed by atoms with Gasteiger partial charge in [0.05, 0.1) is 22.4 Å². The van der Waals surface area contributed by atoms with Crippen molar-refractivity contribution in [1.29, 1.82) is 0 Å². The minimum absolute atomic E-state index is 0.870. The topological polar surface area (TPSA) is 38.9 Å². The number of furan rings is 1. The smallest absolute Gasteiger partial charge is 0.136 e. The van der Waals surface area contributed by atoms with Crippen LogP contribution in [0.25, 0.3) is 88.5 Å². The number of rotatable bonds is 4. The summed E-state index contributed by atoms with van der Waals surface area (Å²) >= 11 is 0. The molecule has 9 aromatic rings. The van der Waals surface area contributed by atoms with Crippen molar-refractivity contribution >= 4 is 43.7 Å². The molecule has 0 saturated carbocycles. The number of nitrogens with zero attached hydrogens (tertiary/aromatic N) is 2. The van der Waals surface area contributed by atoms with Crippen molar-refractivity contribution in [3.05, 3.63) is 158 Å². The highest BCUT2D eigenvalue weighted by atomic mass is 16.3. The lowest BCUT2D eigenvalue weighted by Crippen LogP contribution is -1.96. The van der Waals surface area contributed by atoms with Crippen LogP contribution in [0.2, 0.25) is 0 Å². The van der Waals surface area contributed by atoms with E-state index in [0.717, 1.165) is 72.2 Å². The van der Waals surface area contributed by atoms with Crippen LogP contribution in [0.15, 0.2) is 162 Å². The van der Waals surface area contributed by atoms with E-state index in [9.17, 15) is 0 Å². The zero-order valence-electron chi connectivity index (χ0n) is 24.3. The van der Waals surface area contributed by atoms with Gasteiger partial charge in [-0.1, -0.05) is 127 Å². The lowest BCUT2D eigenvalue weighted by molar-refractivity contribution is 0.669. The van der Waals surface area contributed by atoms with Crippen molar-refractivity contribution in [1.82, 2.24) is 9.97 Å². The van der Waals surface area contributed by atoms with Gasteiger partial charge >= 0.3 is 0 Å². The molecule has 3 nitrogen and oxygen atoms in total. The number of aromatic nitrogens is 2. The highest BCUT2D eigenvalue weighted by Gasteiger charge is 2.15. The van der Waals surface area contributed by atoms with E-state index in [1.807, 2.05) is 24.3 Å². The predicted molar refractivity (Wildman–Crippen MR) is 186 cm³/mol. The van der Waals surface area contributed by atoms with Crippen molar-refractivity contribution in [2.45, 2.75) is 0 Å². The van der Waals surface area contributed by atoms with E-state index in [0.29, 0.717) is 0 Å². The second kappa shape index (κ2) is 10.3. The molecule has 3 heteroatoms. The maximum absolute atomic E-state index is 6.13. The van der Waals surface area contributed by atoms with Crippen LogP contribution in [0.1, 0.15) is 0 Å². The van der Waals surface area contributed by atoms with Crippen molar-refractivity contribution < 1.29 is 4.42 Å². The third-order valence-corrected chi connectivity index (χ3v) is 8.67. The minimum Gasteiger partial charge on any atom is -0.456 e. The van der Waals surface area contributed by atoms with Gasteiger partial charge in [0.15, 0.2) is 0 Å². The summed E-state index contributed by atoms with van der Waals surface area (Å²) in [6.07, 6.45) is 0. The van der Waals surface area contributed by atoms with Gasteiger partial charge in [-0.3, -0.25) is 0 Å². The first-order valence-corrected chi connectivity index (χ1v) is 15.2. The van der Waals surface area contributed by atoms with Crippen LogP contribution in [-0.4, -0.2) is 9.97 Å². The molecule has 0 spiro atoms. The summed E-state index contributed by atoms with van der Waals surface area (Å²) in [6.45, 7) is 0. The van der Waals surface area contributed by atoms with Gasteiger partial charge in [-0.05, 0) is 63.4 Å². The van der Waals surface area contributed by atoms with Crippen molar-refractivity contribution in [2.24, 2.45) is 0 Å². The Balaban J connectivity index is 1.14. The quantitative estimate of drug-likeness (QED) is 0.210. The molecule has 7 aromatic carbocycles. The van der Waals surface area contributed by atoms with Gasteiger partial charge in [0, 0.05) is 21.9 Å². The third-order valence-electron chi connectivity index (χ3n) is 8.67. The fourth-order valence-electron chi connectivity index (χ4n) is 6.43. The molecule has 0 saturated heterocycles. The molecular weight excluding hydrogens is 548 g/mol. The van der Waals surface area contributed by atoms with Gasteiger partial charge in [0.1, 0.15) is 11.2 Å². The van der Waals surface area contributed by atoms with E-state index in [4.69, 9.17) is 14.4 Å². The zero-order valence-corrected chi connectivity index (χ0v) is 24.3. The molecule has 0 aliphatic heterocycles. The second-order valence-corrected chi connectivity index (χ2v) is 11.4. The lowest BCUT2D eigenvalue weighted by Gasteiger charge is -2.12. The Hall–Kier alpha value is -6.06. The largest absolute Gasteiger partial charge is 0.456 e. The Kier molecular flexibility index (Phi) is 5.82. The molecule has 9 rings (SSSR count). The fourth-order valence-corrected chi connectivity index (χ4v) is 6.43. The molecule has 0 radical (unpaired) electrons. The highest BCUT2D eigenvalue weighted by Crippen LogP contribution is 2.38. The summed E-state index contributed by atoms with van der Waals surface area (Å²) in [7, 11) is 0. The molecule has 210 valence electrons. The molecule has 0 aliphatic carbocycles. The minimum atomic E-state index is 0.870. The summed E-state index contributed by atoms with van der Waals surface area (Å²) < 4.78 is 6.13. The van der Waals surface area contributed by atoms with Crippen molar-refractivity contribution in [2.75, 3.05) is 0 Å². The second-order valence-electron chi connectivity index (χ2n) is 11.4. The molecule has 0 unspecified atom stereocenters. The van der Waals surface area contributed by atoms with Crippen LogP contribution < -0.4 is 0 Å². The predicted octanol–water partition coefficient (Wildman–Crippen LogP) is 11.4. The van der Waals surface area contributed by atoms with Crippen LogP contribution in [0, 0.1) is 0 Å². The van der Waals surface area contributed by atoms with E-state index in [2.05, 4.69) is 133 Å². The van der Waals surface area contributed by atoms with Gasteiger partial charge in [-0.15, -0.1) is 0 Å². The lowest BCUT2D eigenvalue weighted by atomic mass is 9.96. The normalized spacial score (nSPS) is 11.6. The van der Waals surface area contributed by atoms with Gasteiger partial charge in [-0.2, -0.15) is 0 Å². The van der Waals surface area contributed by atoms with Crippen LogP contribution in [0.4, 0.5) is 0 Å². The molecule has 45 heavy (non-hydrogen) atoms. The molecule has 2 heterocycles. The fraction of sp³-hybridized carbons (Fsp3) is 0. The Morgan fingerprint density at radius 2 is 1.04 bits per heavy atom. The molecule has 0 amide bonds. The Morgan fingerprint density at radius 1 is 0.378 bits per heavy atom. The number of para-hydroxylation sites is 1. The van der Waals surface area contributed by atoms with Crippen molar-refractivity contribution in [3.63, 3.8) is 0 Å². The molecule has 0 aliphatic rings. The number of benzene rings is 7. The first-order chi connectivity index (χ1) is 22.3. The van der Waals surface area contributed by atoms with Crippen LogP contribution in [0.3, 0.4) is 0 Å². The standard InChI is InChI=1S/C42H26N2O/c1-2-10-30(11-3-1)41-42(33-22-19-27-9-4-5-12-31(27)25-33)43-36-24-23-32(26-37(36)44-41)28-17-20-29(21-18-28)34-14-8-16-39-40(34)35-13-6-7-15-38(35)45-39/h1-26H. The maximum atomic E-state index is 6.13. The summed E-state index contributed by atoms with van der Waals surface area (Å²) in [5.41, 5.74) is 12.0. The van der Waals surface area contributed by atoms with Gasteiger partial charge in [0.25, 0.3) is 0 Å². The first-order valence-electron chi connectivity index (χ1n) is 15.2. The van der Waals surface area contributed by atoms with E-state index in [-0.39, 0.29) is 0 Å². The van der Waals surface area contributed by atoms with E-state index < -0.39 is 0 Å². The van der Waals surface area contributed by atoms with Crippen LogP contribution >= 0.6 is 0 Å². The average Bonchev–Trinajstić information content (AvgIpc) is 3.50. The first kappa shape index (κ1) is 25.4. The Bertz CT molecular complexity index is 2530. The van der Waals surface area contributed by atoms with Crippen LogP contribution in [0.5, 0.6) is 0 Å². The van der Waals surface area contributed by atoms with E-state index in [1.54, 1.807) is 0 Å². The molecular formula is C42H26N2O. The molecule has 0 atom stereocenters. The summed E-state index contributed by atoms with van der Waals surface area (Å²) in [6, 6.07) is 54.9. The highest BCUT2D eigenvalue weighted by molar-refractivity contribution is 6.12. The van der Waals surface area contributed by atoms with E-state index >= 15 is 0 Å². The zero-order chi connectivity index (χ0) is 29.7. The molecule has 0 N–H and O–H groups in total. The van der Waals surface area contributed by atoms with Crippen LogP contribution in [-0.2, 0) is 0 Å². The average molecular weight is 575 g/mol. The number of hydrogen-bond acceptors (Lipinski definition) is 3. The molecule has 0 bridgehead atoms. The van der Waals surface area contributed by atoms with Gasteiger partial charge in [-0.25, -0.2) is 9.97 Å². The summed E-state index contributed by atoms with van der Waals surface area (Å²) in [5, 5.41) is 4.68. The third kappa shape index (κ3) is 4.37. The Morgan fingerprint density at radius 3 is 1.93 bits per heavy atom.